The molecule has 0 spiro atoms. The van der Waals surface area contributed by atoms with E-state index in [0.29, 0.717) is 0 Å². The fraction of sp³-hybridized carbons (Fsp3) is 0.455. The first kappa shape index (κ1) is 12.8. The van der Waals surface area contributed by atoms with Crippen molar-refractivity contribution in [2.24, 2.45) is 0 Å². The van der Waals surface area contributed by atoms with Crippen molar-refractivity contribution in [2.75, 3.05) is 20.0 Å². The zero-order valence-corrected chi connectivity index (χ0v) is 11.1. The van der Waals surface area contributed by atoms with Crippen molar-refractivity contribution in [2.45, 2.75) is 12.8 Å². The number of aryl methyl sites for hydroxylation is 1. The van der Waals surface area contributed by atoms with Crippen LogP contribution in [0.15, 0.2) is 24.3 Å². The Morgan fingerprint density at radius 3 is 2.47 bits per heavy atom. The molecule has 1 radical (unpaired) electrons. The average molecular weight is 241 g/mol. The first-order chi connectivity index (χ1) is 7.33. The van der Waals surface area contributed by atoms with E-state index in [1.807, 2.05) is 6.07 Å². The van der Waals surface area contributed by atoms with Gasteiger partial charge in [-0.1, -0.05) is 24.3 Å². The Balaban J connectivity index is 2.84. The highest BCUT2D eigenvalue weighted by Crippen LogP contribution is 2.04. The number of thiol groups is 1. The van der Waals surface area contributed by atoms with Crippen LogP contribution in [0.3, 0.4) is 0 Å². The van der Waals surface area contributed by atoms with Gasteiger partial charge in [-0.3, -0.25) is 0 Å². The van der Waals surface area contributed by atoms with Gasteiger partial charge < -0.3 is 8.85 Å². The van der Waals surface area contributed by atoms with Gasteiger partial charge in [0.05, 0.1) is 0 Å². The molecule has 0 atom stereocenters. The number of hydrogen-bond donors (Lipinski definition) is 1. The van der Waals surface area contributed by atoms with Gasteiger partial charge in [0.15, 0.2) is 0 Å². The van der Waals surface area contributed by atoms with E-state index < -0.39 is 9.28 Å². The van der Waals surface area contributed by atoms with E-state index in [4.69, 9.17) is 8.85 Å². The van der Waals surface area contributed by atoms with Crippen molar-refractivity contribution in [3.63, 3.8) is 0 Å². The Hall–Kier alpha value is -0.293. The summed E-state index contributed by atoms with van der Waals surface area (Å²) in [6.07, 6.45) is 2.13. The van der Waals surface area contributed by atoms with E-state index >= 15 is 0 Å². The fourth-order valence-electron chi connectivity index (χ4n) is 1.51. The SMILES string of the molecule is CO[Si](OC)c1ccccc1CCCS. The lowest BCUT2D eigenvalue weighted by Crippen LogP contribution is -2.37. The van der Waals surface area contributed by atoms with Gasteiger partial charge in [0.25, 0.3) is 0 Å². The third-order valence-corrected chi connectivity index (χ3v) is 4.20. The molecule has 4 heteroatoms. The van der Waals surface area contributed by atoms with Crippen LogP contribution in [0.5, 0.6) is 0 Å². The molecule has 0 heterocycles. The van der Waals surface area contributed by atoms with Crippen LogP contribution in [0, 0.1) is 0 Å². The molecule has 0 saturated carbocycles. The summed E-state index contributed by atoms with van der Waals surface area (Å²) in [6, 6.07) is 8.32. The molecule has 0 bridgehead atoms. The van der Waals surface area contributed by atoms with Crippen LogP contribution in [0.2, 0.25) is 0 Å². The smallest absolute Gasteiger partial charge is 0.393 e. The highest BCUT2D eigenvalue weighted by atomic mass is 32.1. The molecule has 0 aromatic heterocycles. The minimum atomic E-state index is -1.29. The summed E-state index contributed by atoms with van der Waals surface area (Å²) in [4.78, 5) is 0. The lowest BCUT2D eigenvalue weighted by Gasteiger charge is -2.13. The van der Waals surface area contributed by atoms with Crippen LogP contribution in [0.25, 0.3) is 0 Å². The monoisotopic (exact) mass is 241 g/mol. The Bertz CT molecular complexity index is 290. The van der Waals surface area contributed by atoms with Crippen LogP contribution >= 0.6 is 12.6 Å². The Labute approximate surface area is 98.9 Å². The van der Waals surface area contributed by atoms with E-state index in [9.17, 15) is 0 Å². The quantitative estimate of drug-likeness (QED) is 0.601. The van der Waals surface area contributed by atoms with Crippen molar-refractivity contribution in [1.82, 2.24) is 0 Å². The minimum absolute atomic E-state index is 0.913. The molecule has 2 nitrogen and oxygen atoms in total. The van der Waals surface area contributed by atoms with E-state index in [2.05, 4.69) is 30.8 Å². The van der Waals surface area contributed by atoms with Gasteiger partial charge in [-0.2, -0.15) is 12.6 Å². The second kappa shape index (κ2) is 7.06. The summed E-state index contributed by atoms with van der Waals surface area (Å²) in [5.41, 5.74) is 1.32. The van der Waals surface area contributed by atoms with Gasteiger partial charge in [0.1, 0.15) is 0 Å². The van der Waals surface area contributed by atoms with Gasteiger partial charge in [0, 0.05) is 14.2 Å². The van der Waals surface area contributed by atoms with Crippen LogP contribution in [0.1, 0.15) is 12.0 Å². The van der Waals surface area contributed by atoms with E-state index in [-0.39, 0.29) is 0 Å². The maximum atomic E-state index is 5.37. The standard InChI is InChI=1S/C11H17O2SSi/c1-12-15(13-2)11-8-4-3-6-10(11)7-5-9-14/h3-4,6,8,14H,5,7,9H2,1-2H3. The zero-order valence-electron chi connectivity index (χ0n) is 9.19. The fourth-order valence-corrected chi connectivity index (χ4v) is 2.98. The number of rotatable bonds is 6. The van der Waals surface area contributed by atoms with Crippen molar-refractivity contribution >= 4 is 27.1 Å². The predicted octanol–water partition coefficient (Wildman–Crippen LogP) is 1.54. The number of hydrogen-bond acceptors (Lipinski definition) is 3. The molecule has 1 aromatic carbocycles. The topological polar surface area (TPSA) is 18.5 Å². The van der Waals surface area contributed by atoms with Gasteiger partial charge in [-0.05, 0) is 29.3 Å². The van der Waals surface area contributed by atoms with Crippen LogP contribution < -0.4 is 5.19 Å². The lowest BCUT2D eigenvalue weighted by atomic mass is 10.1. The third kappa shape index (κ3) is 3.64. The van der Waals surface area contributed by atoms with Gasteiger partial charge >= 0.3 is 9.28 Å². The Morgan fingerprint density at radius 2 is 1.87 bits per heavy atom. The van der Waals surface area contributed by atoms with Crippen LogP contribution in [-0.2, 0) is 15.3 Å². The summed E-state index contributed by atoms with van der Waals surface area (Å²) in [5, 5.41) is 1.22. The summed E-state index contributed by atoms with van der Waals surface area (Å²) < 4.78 is 10.7. The molecule has 0 aliphatic carbocycles. The highest BCUT2D eigenvalue weighted by molar-refractivity contribution is 7.80. The van der Waals surface area contributed by atoms with Gasteiger partial charge in [-0.25, -0.2) is 0 Å². The maximum Gasteiger partial charge on any atom is 0.423 e. The lowest BCUT2D eigenvalue weighted by molar-refractivity contribution is 0.291. The Morgan fingerprint density at radius 1 is 1.20 bits per heavy atom. The molecule has 0 amide bonds. The van der Waals surface area contributed by atoms with E-state index in [1.54, 1.807) is 14.2 Å². The first-order valence-electron chi connectivity index (χ1n) is 4.97. The molecular weight excluding hydrogens is 224 g/mol. The summed E-state index contributed by atoms with van der Waals surface area (Å²) >= 11 is 4.23. The van der Waals surface area contributed by atoms with Gasteiger partial charge in [0.2, 0.25) is 0 Å². The van der Waals surface area contributed by atoms with Gasteiger partial charge in [-0.15, -0.1) is 0 Å². The molecule has 83 valence electrons. The number of benzene rings is 1. The minimum Gasteiger partial charge on any atom is -0.393 e. The second-order valence-corrected chi connectivity index (χ2v) is 5.56. The molecule has 0 fully saturated rings. The summed E-state index contributed by atoms with van der Waals surface area (Å²) in [7, 11) is 2.12. The second-order valence-electron chi connectivity index (χ2n) is 3.18. The molecule has 0 unspecified atom stereocenters. The van der Waals surface area contributed by atoms with Crippen LogP contribution in [0.4, 0.5) is 0 Å². The Kier molecular flexibility index (Phi) is 6.01. The molecule has 0 N–H and O–H groups in total. The predicted molar refractivity (Wildman–Crippen MR) is 68.0 cm³/mol. The average Bonchev–Trinajstić information content (AvgIpc) is 2.29. The molecule has 15 heavy (non-hydrogen) atoms. The first-order valence-corrected chi connectivity index (χ1v) is 6.92. The van der Waals surface area contributed by atoms with Crippen molar-refractivity contribution in [3.8, 4) is 0 Å². The highest BCUT2D eigenvalue weighted by Gasteiger charge is 2.18. The molecule has 1 aromatic rings. The maximum absolute atomic E-state index is 5.37. The molecular formula is C11H17O2SSi. The molecule has 0 aliphatic rings. The van der Waals surface area contributed by atoms with Crippen molar-refractivity contribution in [3.05, 3.63) is 29.8 Å². The normalized spacial score (nSPS) is 10.9. The van der Waals surface area contributed by atoms with Crippen LogP contribution in [-0.4, -0.2) is 29.3 Å². The molecule has 0 aliphatic heterocycles. The molecule has 0 saturated heterocycles. The van der Waals surface area contributed by atoms with Crippen molar-refractivity contribution in [1.29, 1.82) is 0 Å². The molecule has 1 rings (SSSR count). The van der Waals surface area contributed by atoms with Crippen molar-refractivity contribution < 1.29 is 8.85 Å². The van der Waals surface area contributed by atoms with E-state index in [1.165, 1.54) is 10.8 Å². The summed E-state index contributed by atoms with van der Waals surface area (Å²) in [6.45, 7) is 0. The third-order valence-electron chi connectivity index (χ3n) is 2.21. The van der Waals surface area contributed by atoms with E-state index in [0.717, 1.165) is 18.6 Å². The zero-order chi connectivity index (χ0) is 11.1. The summed E-state index contributed by atoms with van der Waals surface area (Å²) in [5.74, 6) is 0.913. The largest absolute Gasteiger partial charge is 0.423 e.